The SMILES string of the molecule is N#Cc1c(-c2ccc(O)c3ccccc23)cc(-c2cc[nH]c2)nc1N. The molecule has 5 heteroatoms. The highest BCUT2D eigenvalue weighted by molar-refractivity contribution is 6.01. The number of phenolic OH excluding ortho intramolecular Hbond substituents is 1. The van der Waals surface area contributed by atoms with Crippen molar-refractivity contribution in [3.63, 3.8) is 0 Å². The van der Waals surface area contributed by atoms with E-state index in [0.717, 1.165) is 21.9 Å². The van der Waals surface area contributed by atoms with Crippen LogP contribution in [0.3, 0.4) is 0 Å². The van der Waals surface area contributed by atoms with E-state index in [2.05, 4.69) is 16.0 Å². The van der Waals surface area contributed by atoms with Crippen LogP contribution in [0.2, 0.25) is 0 Å². The molecule has 0 aliphatic rings. The molecule has 0 fully saturated rings. The van der Waals surface area contributed by atoms with Crippen LogP contribution in [0.25, 0.3) is 33.2 Å². The monoisotopic (exact) mass is 326 g/mol. The maximum absolute atomic E-state index is 10.1. The number of pyridine rings is 1. The Kier molecular flexibility index (Phi) is 3.37. The molecule has 4 rings (SSSR count). The number of H-pyrrole nitrogens is 1. The first-order valence-electron chi connectivity index (χ1n) is 7.74. The van der Waals surface area contributed by atoms with Crippen molar-refractivity contribution in [2.45, 2.75) is 0 Å². The maximum Gasteiger partial charge on any atom is 0.142 e. The summed E-state index contributed by atoms with van der Waals surface area (Å²) in [6.45, 7) is 0. The number of benzene rings is 2. The summed E-state index contributed by atoms with van der Waals surface area (Å²) in [4.78, 5) is 7.35. The summed E-state index contributed by atoms with van der Waals surface area (Å²) in [6.07, 6.45) is 3.63. The van der Waals surface area contributed by atoms with E-state index < -0.39 is 0 Å². The molecule has 0 aliphatic carbocycles. The van der Waals surface area contributed by atoms with Crippen molar-refractivity contribution in [1.29, 1.82) is 5.26 Å². The standard InChI is InChI=1S/C20H14N4O/c21-10-17-16(9-18(24-20(17)22)12-7-8-23-11-12)14-5-6-19(25)15-4-2-1-3-13(14)15/h1-9,11,23,25H,(H2,22,24). The van der Waals surface area contributed by atoms with Crippen LogP contribution in [0.15, 0.2) is 60.9 Å². The molecule has 2 heterocycles. The quantitative estimate of drug-likeness (QED) is 0.517. The minimum Gasteiger partial charge on any atom is -0.507 e. The number of nitriles is 1. The van der Waals surface area contributed by atoms with Gasteiger partial charge in [0.1, 0.15) is 23.2 Å². The van der Waals surface area contributed by atoms with E-state index in [9.17, 15) is 10.4 Å². The average molecular weight is 326 g/mol. The number of nitrogens with one attached hydrogen (secondary N) is 1. The molecule has 2 aromatic carbocycles. The van der Waals surface area contributed by atoms with Gasteiger partial charge in [0.15, 0.2) is 0 Å². The number of fused-ring (bicyclic) bond motifs is 1. The molecule has 2 aromatic heterocycles. The number of phenols is 1. The Hall–Kier alpha value is -3.78. The third-order valence-corrected chi connectivity index (χ3v) is 4.24. The summed E-state index contributed by atoms with van der Waals surface area (Å²) in [7, 11) is 0. The topological polar surface area (TPSA) is 98.7 Å². The van der Waals surface area contributed by atoms with Crippen molar-refractivity contribution >= 4 is 16.6 Å². The summed E-state index contributed by atoms with van der Waals surface area (Å²) in [6, 6.07) is 16.9. The fourth-order valence-corrected chi connectivity index (χ4v) is 3.04. The van der Waals surface area contributed by atoms with Crippen LogP contribution in [0, 0.1) is 11.3 Å². The maximum atomic E-state index is 10.1. The number of nitrogens with zero attached hydrogens (tertiary/aromatic N) is 2. The van der Waals surface area contributed by atoms with Gasteiger partial charge in [0.25, 0.3) is 0 Å². The summed E-state index contributed by atoms with van der Waals surface area (Å²) < 4.78 is 0. The lowest BCUT2D eigenvalue weighted by atomic mass is 9.94. The zero-order chi connectivity index (χ0) is 17.4. The second-order valence-electron chi connectivity index (χ2n) is 5.70. The van der Waals surface area contributed by atoms with E-state index >= 15 is 0 Å². The highest BCUT2D eigenvalue weighted by Gasteiger charge is 2.16. The molecular formula is C20H14N4O. The Balaban J connectivity index is 2.06. The van der Waals surface area contributed by atoms with Gasteiger partial charge in [0.2, 0.25) is 0 Å². The van der Waals surface area contributed by atoms with Gasteiger partial charge in [-0.2, -0.15) is 5.26 Å². The van der Waals surface area contributed by atoms with Crippen LogP contribution in [-0.4, -0.2) is 15.1 Å². The highest BCUT2D eigenvalue weighted by atomic mass is 16.3. The van der Waals surface area contributed by atoms with Crippen molar-refractivity contribution < 1.29 is 5.11 Å². The van der Waals surface area contributed by atoms with Gasteiger partial charge in [-0.1, -0.05) is 30.3 Å². The summed E-state index contributed by atoms with van der Waals surface area (Å²) in [5.41, 5.74) is 9.49. The molecule has 0 radical (unpaired) electrons. The lowest BCUT2D eigenvalue weighted by molar-refractivity contribution is 0.481. The molecule has 0 unspecified atom stereocenters. The van der Waals surface area contributed by atoms with Gasteiger partial charge in [0.05, 0.1) is 5.69 Å². The Bertz CT molecular complexity index is 1120. The van der Waals surface area contributed by atoms with Crippen LogP contribution < -0.4 is 5.73 Å². The van der Waals surface area contributed by atoms with E-state index in [-0.39, 0.29) is 11.6 Å². The molecule has 0 amide bonds. The van der Waals surface area contributed by atoms with Crippen molar-refractivity contribution in [3.05, 3.63) is 66.5 Å². The Morgan fingerprint density at radius 3 is 2.56 bits per heavy atom. The molecule has 120 valence electrons. The second kappa shape index (κ2) is 5.69. The van der Waals surface area contributed by atoms with Gasteiger partial charge in [0, 0.05) is 28.9 Å². The van der Waals surface area contributed by atoms with Gasteiger partial charge in [-0.15, -0.1) is 0 Å². The molecule has 0 saturated carbocycles. The van der Waals surface area contributed by atoms with E-state index in [1.54, 1.807) is 18.3 Å². The molecule has 0 bridgehead atoms. The Morgan fingerprint density at radius 1 is 1.04 bits per heavy atom. The predicted octanol–water partition coefficient (Wildman–Crippen LogP) is 4.06. The van der Waals surface area contributed by atoms with Crippen molar-refractivity contribution in [3.8, 4) is 34.2 Å². The number of nitrogens with two attached hydrogens (primary N) is 1. The molecule has 25 heavy (non-hydrogen) atoms. The third kappa shape index (κ3) is 2.37. The van der Waals surface area contributed by atoms with Crippen LogP contribution in [0.5, 0.6) is 5.75 Å². The number of hydrogen-bond acceptors (Lipinski definition) is 4. The first-order valence-corrected chi connectivity index (χ1v) is 7.74. The van der Waals surface area contributed by atoms with Crippen molar-refractivity contribution in [2.75, 3.05) is 5.73 Å². The van der Waals surface area contributed by atoms with E-state index in [4.69, 9.17) is 5.73 Å². The van der Waals surface area contributed by atoms with E-state index in [1.165, 1.54) is 0 Å². The fraction of sp³-hybridized carbons (Fsp3) is 0. The Labute approximate surface area is 144 Å². The van der Waals surface area contributed by atoms with E-state index in [0.29, 0.717) is 16.8 Å². The predicted molar refractivity (Wildman–Crippen MR) is 97.8 cm³/mol. The van der Waals surface area contributed by atoms with Crippen LogP contribution >= 0.6 is 0 Å². The normalized spacial score (nSPS) is 10.7. The van der Waals surface area contributed by atoms with Gasteiger partial charge >= 0.3 is 0 Å². The number of rotatable bonds is 2. The van der Waals surface area contributed by atoms with E-state index in [1.807, 2.05) is 42.6 Å². The highest BCUT2D eigenvalue weighted by Crippen LogP contribution is 2.37. The number of hydrogen-bond donors (Lipinski definition) is 3. The molecule has 4 N–H and O–H groups in total. The zero-order valence-electron chi connectivity index (χ0n) is 13.2. The molecule has 0 aliphatic heterocycles. The third-order valence-electron chi connectivity index (χ3n) is 4.24. The molecule has 0 spiro atoms. The number of anilines is 1. The Morgan fingerprint density at radius 2 is 1.84 bits per heavy atom. The van der Waals surface area contributed by atoms with Gasteiger partial charge < -0.3 is 15.8 Å². The summed E-state index contributed by atoms with van der Waals surface area (Å²) >= 11 is 0. The first-order chi connectivity index (χ1) is 12.2. The van der Waals surface area contributed by atoms with Gasteiger partial charge in [-0.05, 0) is 29.1 Å². The smallest absolute Gasteiger partial charge is 0.142 e. The van der Waals surface area contributed by atoms with Crippen molar-refractivity contribution in [2.24, 2.45) is 0 Å². The minimum absolute atomic E-state index is 0.188. The van der Waals surface area contributed by atoms with Gasteiger partial charge in [-0.25, -0.2) is 4.98 Å². The number of nitrogen functional groups attached to an aromatic ring is 1. The summed E-state index contributed by atoms with van der Waals surface area (Å²) in [5.74, 6) is 0.388. The number of aromatic nitrogens is 2. The molecule has 5 nitrogen and oxygen atoms in total. The van der Waals surface area contributed by atoms with Crippen LogP contribution in [-0.2, 0) is 0 Å². The lowest BCUT2D eigenvalue weighted by Crippen LogP contribution is -1.99. The average Bonchev–Trinajstić information content (AvgIpc) is 3.16. The number of aromatic amines is 1. The lowest BCUT2D eigenvalue weighted by Gasteiger charge is -2.12. The minimum atomic E-state index is 0.188. The van der Waals surface area contributed by atoms with Crippen molar-refractivity contribution in [1.82, 2.24) is 9.97 Å². The molecule has 0 atom stereocenters. The molecule has 4 aromatic rings. The number of aromatic hydroxyl groups is 1. The molecular weight excluding hydrogens is 312 g/mol. The largest absolute Gasteiger partial charge is 0.507 e. The zero-order valence-corrected chi connectivity index (χ0v) is 13.2. The second-order valence-corrected chi connectivity index (χ2v) is 5.70. The van der Waals surface area contributed by atoms with Crippen LogP contribution in [0.4, 0.5) is 5.82 Å². The summed E-state index contributed by atoms with van der Waals surface area (Å²) in [5, 5.41) is 21.3. The fourth-order valence-electron chi connectivity index (χ4n) is 3.04. The molecule has 0 saturated heterocycles. The first kappa shape index (κ1) is 14.8. The van der Waals surface area contributed by atoms with Crippen LogP contribution in [0.1, 0.15) is 5.56 Å². The van der Waals surface area contributed by atoms with Gasteiger partial charge in [-0.3, -0.25) is 0 Å².